The van der Waals surface area contributed by atoms with Crippen LogP contribution < -0.4 is 0 Å². The smallest absolute Gasteiger partial charge is 0.267 e. The van der Waals surface area contributed by atoms with E-state index in [1.165, 1.54) is 0 Å². The number of benzene rings is 2. The van der Waals surface area contributed by atoms with Gasteiger partial charge in [0.1, 0.15) is 12.3 Å². The lowest BCUT2D eigenvalue weighted by atomic mass is 9.63. The van der Waals surface area contributed by atoms with E-state index < -0.39 is 53.4 Å². The minimum absolute atomic E-state index is 0.246. The van der Waals surface area contributed by atoms with Gasteiger partial charge in [0.15, 0.2) is 17.2 Å². The summed E-state index contributed by atoms with van der Waals surface area (Å²) < 4.78 is 20.2. The van der Waals surface area contributed by atoms with Crippen LogP contribution >= 0.6 is 0 Å². The van der Waals surface area contributed by atoms with E-state index in [-0.39, 0.29) is 6.42 Å². The van der Waals surface area contributed by atoms with E-state index >= 15 is 0 Å². The molecule has 0 spiro atoms. The van der Waals surface area contributed by atoms with E-state index in [1.807, 2.05) is 0 Å². The molecule has 3 rings (SSSR count). The molecule has 1 fully saturated rings. The Morgan fingerprint density at radius 2 is 1.41 bits per heavy atom. The second kappa shape index (κ2) is 8.46. The van der Waals surface area contributed by atoms with Crippen LogP contribution in [0.5, 0.6) is 0 Å². The first kappa shape index (κ1) is 24.2. The molecule has 0 aromatic heterocycles. The first-order valence-corrected chi connectivity index (χ1v) is 10.2. The van der Waals surface area contributed by atoms with Gasteiger partial charge in [0.2, 0.25) is 5.60 Å². The van der Waals surface area contributed by atoms with Crippen molar-refractivity contribution in [1.29, 1.82) is 0 Å². The van der Waals surface area contributed by atoms with Gasteiger partial charge < -0.3 is 25.2 Å². The largest absolute Gasteiger partial charge is 0.390 e. The topological polar surface area (TPSA) is 124 Å². The highest BCUT2D eigenvalue weighted by atomic mass is 19.1. The first-order chi connectivity index (χ1) is 15.0. The van der Waals surface area contributed by atoms with E-state index in [9.17, 15) is 34.4 Å². The zero-order valence-electron chi connectivity index (χ0n) is 17.9. The molecule has 0 bridgehead atoms. The van der Waals surface area contributed by atoms with E-state index in [0.717, 1.165) is 13.8 Å². The summed E-state index contributed by atoms with van der Waals surface area (Å²) in [6.07, 6.45) is -2.68. The molecule has 172 valence electrons. The van der Waals surface area contributed by atoms with Crippen LogP contribution in [-0.4, -0.2) is 67.4 Å². The average molecular weight is 446 g/mol. The molecule has 8 heteroatoms. The first-order valence-electron chi connectivity index (χ1n) is 10.2. The fourth-order valence-corrected chi connectivity index (χ4v) is 4.61. The van der Waals surface area contributed by atoms with Crippen molar-refractivity contribution in [2.75, 3.05) is 6.67 Å². The molecule has 2 aromatic carbocycles. The number of ether oxygens (including phenoxy) is 1. The number of rotatable bonds is 8. The molecule has 0 aliphatic carbocycles. The summed E-state index contributed by atoms with van der Waals surface area (Å²) in [5.41, 5.74) is -7.97. The highest BCUT2D eigenvalue weighted by Gasteiger charge is 2.84. The van der Waals surface area contributed by atoms with Gasteiger partial charge in [0, 0.05) is 19.8 Å². The maximum absolute atomic E-state index is 14.8. The number of halogens is 1. The standard InChI is InChI=1S/C24H27FO7/c1-16(26)23(30)22(29,14-19-11-7-4-8-12-19)21(15-25,32-24(23,31)17(2)27)20(28)13-18-9-5-3-6-10-18/h3-12,20,28-31H,13-15H2,1-2H3/t20?,21-,22-,23-,24+/m1/s1. The van der Waals surface area contributed by atoms with Gasteiger partial charge in [-0.25, -0.2) is 4.39 Å². The molecule has 1 heterocycles. The fourth-order valence-electron chi connectivity index (χ4n) is 4.61. The molecule has 0 saturated carbocycles. The van der Waals surface area contributed by atoms with Crippen LogP contribution in [0.1, 0.15) is 25.0 Å². The van der Waals surface area contributed by atoms with Gasteiger partial charge in [-0.1, -0.05) is 60.7 Å². The Kier molecular flexibility index (Phi) is 6.38. The number of alkyl halides is 1. The van der Waals surface area contributed by atoms with Crippen molar-refractivity contribution >= 4 is 11.6 Å². The van der Waals surface area contributed by atoms with Gasteiger partial charge in [-0.3, -0.25) is 9.59 Å². The minimum Gasteiger partial charge on any atom is -0.390 e. The second-order valence-corrected chi connectivity index (χ2v) is 8.32. The van der Waals surface area contributed by atoms with Crippen molar-refractivity contribution in [3.63, 3.8) is 0 Å². The van der Waals surface area contributed by atoms with Crippen molar-refractivity contribution in [2.45, 2.75) is 55.4 Å². The maximum Gasteiger partial charge on any atom is 0.267 e. The summed E-state index contributed by atoms with van der Waals surface area (Å²) >= 11 is 0. The van der Waals surface area contributed by atoms with Gasteiger partial charge >= 0.3 is 0 Å². The molecule has 1 unspecified atom stereocenters. The molecule has 0 amide bonds. The summed E-state index contributed by atoms with van der Waals surface area (Å²) in [6, 6.07) is 16.4. The normalized spacial score (nSPS) is 33.1. The van der Waals surface area contributed by atoms with Crippen LogP contribution in [0.15, 0.2) is 60.7 Å². The van der Waals surface area contributed by atoms with Crippen molar-refractivity contribution in [2.24, 2.45) is 0 Å². The molecular formula is C24H27FO7. The maximum atomic E-state index is 14.8. The number of carbonyl (C=O) groups is 2. The Bertz CT molecular complexity index is 984. The van der Waals surface area contributed by atoms with Crippen LogP contribution in [0.25, 0.3) is 0 Å². The van der Waals surface area contributed by atoms with E-state index in [2.05, 4.69) is 0 Å². The van der Waals surface area contributed by atoms with Crippen LogP contribution in [-0.2, 0) is 27.2 Å². The summed E-state index contributed by atoms with van der Waals surface area (Å²) in [4.78, 5) is 25.1. The fraction of sp³-hybridized carbons (Fsp3) is 0.417. The van der Waals surface area contributed by atoms with Gasteiger partial charge in [-0.15, -0.1) is 0 Å². The SMILES string of the molecule is CC(=O)[C@@]1(O)[C@@](O)(Cc2ccccc2)[C@@](CF)(C(O)Cc2ccccc2)O[C@@]1(O)C(C)=O. The quantitative estimate of drug-likeness (QED) is 0.475. The van der Waals surface area contributed by atoms with Crippen LogP contribution in [0.2, 0.25) is 0 Å². The van der Waals surface area contributed by atoms with E-state index in [1.54, 1.807) is 60.7 Å². The van der Waals surface area contributed by atoms with Gasteiger partial charge in [0.05, 0.1) is 6.10 Å². The molecule has 7 nitrogen and oxygen atoms in total. The third kappa shape index (κ3) is 3.30. The lowest BCUT2D eigenvalue weighted by molar-refractivity contribution is -0.268. The Morgan fingerprint density at radius 3 is 1.84 bits per heavy atom. The van der Waals surface area contributed by atoms with E-state index in [4.69, 9.17) is 4.74 Å². The monoisotopic (exact) mass is 446 g/mol. The molecule has 1 aliphatic rings. The third-order valence-corrected chi connectivity index (χ3v) is 6.42. The van der Waals surface area contributed by atoms with Gasteiger partial charge in [-0.05, 0) is 18.1 Å². The minimum atomic E-state index is -3.29. The highest BCUT2D eigenvalue weighted by molar-refractivity contribution is 5.98. The van der Waals surface area contributed by atoms with Crippen molar-refractivity contribution < 1.29 is 39.1 Å². The van der Waals surface area contributed by atoms with E-state index in [0.29, 0.717) is 11.1 Å². The molecule has 4 N–H and O–H groups in total. The Balaban J connectivity index is 2.24. The van der Waals surface area contributed by atoms with Crippen LogP contribution in [0.4, 0.5) is 4.39 Å². The summed E-state index contributed by atoms with van der Waals surface area (Å²) in [6.45, 7) is 0.0926. The third-order valence-electron chi connectivity index (χ3n) is 6.42. The lowest BCUT2D eigenvalue weighted by Gasteiger charge is -2.46. The van der Waals surface area contributed by atoms with Crippen molar-refractivity contribution in [1.82, 2.24) is 0 Å². The number of hydrogen-bond donors (Lipinski definition) is 4. The van der Waals surface area contributed by atoms with Gasteiger partial charge in [-0.2, -0.15) is 0 Å². The Hall–Kier alpha value is -2.49. The van der Waals surface area contributed by atoms with Crippen LogP contribution in [0.3, 0.4) is 0 Å². The Morgan fingerprint density at radius 1 is 0.906 bits per heavy atom. The Labute approximate surface area is 185 Å². The summed E-state index contributed by atoms with van der Waals surface area (Å²) in [5.74, 6) is -5.72. The molecule has 1 saturated heterocycles. The van der Waals surface area contributed by atoms with Crippen LogP contribution in [0, 0.1) is 0 Å². The molecule has 1 aliphatic heterocycles. The summed E-state index contributed by atoms with van der Waals surface area (Å²) in [5, 5.41) is 45.5. The number of carbonyl (C=O) groups excluding carboxylic acids is 2. The molecule has 0 radical (unpaired) electrons. The molecule has 32 heavy (non-hydrogen) atoms. The number of aliphatic hydroxyl groups excluding tert-OH is 1. The second-order valence-electron chi connectivity index (χ2n) is 8.32. The van der Waals surface area contributed by atoms with Crippen molar-refractivity contribution in [3.05, 3.63) is 71.8 Å². The summed E-state index contributed by atoms with van der Waals surface area (Å²) in [7, 11) is 0. The highest BCUT2D eigenvalue weighted by Crippen LogP contribution is 2.55. The molecule has 5 atom stereocenters. The zero-order chi connectivity index (χ0) is 23.8. The predicted molar refractivity (Wildman–Crippen MR) is 112 cm³/mol. The molecular weight excluding hydrogens is 419 g/mol. The van der Waals surface area contributed by atoms with Crippen molar-refractivity contribution in [3.8, 4) is 0 Å². The zero-order valence-corrected chi connectivity index (χ0v) is 17.9. The lowest BCUT2D eigenvalue weighted by Crippen LogP contribution is -2.74. The molecule has 2 aromatic rings. The number of ketones is 2. The number of Topliss-reactive ketones (excluding diaryl/α,β-unsaturated/α-hetero) is 2. The average Bonchev–Trinajstić information content (AvgIpc) is 2.93. The van der Waals surface area contributed by atoms with Gasteiger partial charge in [0.25, 0.3) is 5.79 Å². The number of aliphatic hydroxyl groups is 4. The number of hydrogen-bond acceptors (Lipinski definition) is 7. The predicted octanol–water partition coefficient (Wildman–Crippen LogP) is 0.900.